The third-order valence-corrected chi connectivity index (χ3v) is 4.91. The second kappa shape index (κ2) is 10.5. The van der Waals surface area contributed by atoms with Crippen molar-refractivity contribution in [3.8, 4) is 5.75 Å². The van der Waals surface area contributed by atoms with E-state index in [4.69, 9.17) is 16.3 Å². The van der Waals surface area contributed by atoms with Crippen LogP contribution in [-0.4, -0.2) is 34.9 Å². The van der Waals surface area contributed by atoms with Crippen LogP contribution in [0.5, 0.6) is 5.75 Å². The van der Waals surface area contributed by atoms with Gasteiger partial charge in [0.25, 0.3) is 5.91 Å². The van der Waals surface area contributed by atoms with E-state index < -0.39 is 6.04 Å². The first-order chi connectivity index (χ1) is 14.1. The number of carbonyl (C=O) groups excluding carboxylic acids is 2. The summed E-state index contributed by atoms with van der Waals surface area (Å²) in [6.45, 7) is 9.86. The van der Waals surface area contributed by atoms with Gasteiger partial charge >= 0.3 is 0 Å². The van der Waals surface area contributed by atoms with Crippen LogP contribution in [0, 0.1) is 6.92 Å². The van der Waals surface area contributed by atoms with Gasteiger partial charge in [-0.05, 0) is 69.5 Å². The summed E-state index contributed by atoms with van der Waals surface area (Å²) in [6.07, 6.45) is 0.500. The molecule has 6 heteroatoms. The van der Waals surface area contributed by atoms with Gasteiger partial charge in [-0.25, -0.2) is 0 Å². The molecule has 162 valence electrons. The Hall–Kier alpha value is -2.53. The van der Waals surface area contributed by atoms with Crippen LogP contribution in [0.3, 0.4) is 0 Å². The maximum absolute atomic E-state index is 13.2. The van der Waals surface area contributed by atoms with Gasteiger partial charge in [0, 0.05) is 17.1 Å². The molecule has 0 aliphatic heterocycles. The number of carbonyl (C=O) groups is 2. The van der Waals surface area contributed by atoms with E-state index in [1.54, 1.807) is 29.2 Å². The van der Waals surface area contributed by atoms with Crippen LogP contribution in [0.15, 0.2) is 48.5 Å². The predicted molar refractivity (Wildman–Crippen MR) is 121 cm³/mol. The predicted octanol–water partition coefficient (Wildman–Crippen LogP) is 4.75. The molecule has 30 heavy (non-hydrogen) atoms. The second-order valence-corrected chi connectivity index (χ2v) is 8.79. The summed E-state index contributed by atoms with van der Waals surface area (Å²) < 4.78 is 5.67. The molecule has 1 atom stereocenters. The van der Waals surface area contributed by atoms with Gasteiger partial charge < -0.3 is 15.0 Å². The number of nitrogens with zero attached hydrogens (tertiary/aromatic N) is 1. The van der Waals surface area contributed by atoms with Crippen LogP contribution in [0.25, 0.3) is 0 Å². The first-order valence-electron chi connectivity index (χ1n) is 10.1. The molecule has 0 saturated heterocycles. The number of nitrogens with one attached hydrogen (secondary N) is 1. The lowest BCUT2D eigenvalue weighted by Gasteiger charge is -2.33. The summed E-state index contributed by atoms with van der Waals surface area (Å²) in [4.78, 5) is 27.7. The largest absolute Gasteiger partial charge is 0.484 e. The third-order valence-electron chi connectivity index (χ3n) is 4.66. The molecule has 0 spiro atoms. The molecule has 0 heterocycles. The molecule has 2 amide bonds. The van der Waals surface area contributed by atoms with Gasteiger partial charge in [0.1, 0.15) is 11.8 Å². The fourth-order valence-electron chi connectivity index (χ4n) is 3.10. The van der Waals surface area contributed by atoms with Gasteiger partial charge in [0.2, 0.25) is 5.91 Å². The van der Waals surface area contributed by atoms with Crippen molar-refractivity contribution in [3.63, 3.8) is 0 Å². The van der Waals surface area contributed by atoms with E-state index in [1.807, 2.05) is 58.9 Å². The molecular formula is C24H31ClN2O3. The van der Waals surface area contributed by atoms with Gasteiger partial charge in [-0.1, -0.05) is 42.8 Å². The fourth-order valence-corrected chi connectivity index (χ4v) is 3.23. The number of benzene rings is 2. The van der Waals surface area contributed by atoms with Crippen LogP contribution in [0.2, 0.25) is 5.02 Å². The smallest absolute Gasteiger partial charge is 0.261 e. The number of hydrogen-bond acceptors (Lipinski definition) is 3. The van der Waals surface area contributed by atoms with Gasteiger partial charge in [-0.15, -0.1) is 0 Å². The SMILES string of the molecule is CC[C@H](C(=O)NC(C)(C)C)N(Cc1ccccc1C)C(=O)COc1ccc(Cl)cc1. The number of halogens is 1. The monoisotopic (exact) mass is 430 g/mol. The lowest BCUT2D eigenvalue weighted by atomic mass is 10.0. The van der Waals surface area contributed by atoms with Crippen molar-refractivity contribution < 1.29 is 14.3 Å². The van der Waals surface area contributed by atoms with E-state index in [1.165, 1.54) is 0 Å². The summed E-state index contributed by atoms with van der Waals surface area (Å²) in [5, 5.41) is 3.59. The molecule has 2 aromatic carbocycles. The molecule has 2 rings (SSSR count). The number of amides is 2. The minimum absolute atomic E-state index is 0.160. The minimum Gasteiger partial charge on any atom is -0.484 e. The highest BCUT2D eigenvalue weighted by atomic mass is 35.5. The molecule has 0 aromatic heterocycles. The summed E-state index contributed by atoms with van der Waals surface area (Å²) >= 11 is 5.90. The quantitative estimate of drug-likeness (QED) is 0.657. The second-order valence-electron chi connectivity index (χ2n) is 8.35. The molecule has 0 saturated carbocycles. The van der Waals surface area contributed by atoms with Crippen molar-refractivity contribution in [2.24, 2.45) is 0 Å². The molecule has 0 bridgehead atoms. The van der Waals surface area contributed by atoms with Crippen LogP contribution >= 0.6 is 11.6 Å². The third kappa shape index (κ3) is 7.06. The van der Waals surface area contributed by atoms with E-state index >= 15 is 0 Å². The molecule has 5 nitrogen and oxygen atoms in total. The van der Waals surface area contributed by atoms with Crippen molar-refractivity contribution in [3.05, 3.63) is 64.7 Å². The van der Waals surface area contributed by atoms with E-state index in [2.05, 4.69) is 5.32 Å². The summed E-state index contributed by atoms with van der Waals surface area (Å²) in [5.41, 5.74) is 1.68. The first-order valence-corrected chi connectivity index (χ1v) is 10.5. The maximum Gasteiger partial charge on any atom is 0.261 e. The Kier molecular flexibility index (Phi) is 8.30. The number of hydrogen-bond donors (Lipinski definition) is 1. The Bertz CT molecular complexity index is 859. The molecule has 0 aliphatic rings. The highest BCUT2D eigenvalue weighted by Gasteiger charge is 2.31. The average Bonchev–Trinajstić information content (AvgIpc) is 2.67. The highest BCUT2D eigenvalue weighted by Crippen LogP contribution is 2.18. The normalized spacial score (nSPS) is 12.2. The topological polar surface area (TPSA) is 58.6 Å². The molecule has 1 N–H and O–H groups in total. The average molecular weight is 431 g/mol. The van der Waals surface area contributed by atoms with E-state index in [9.17, 15) is 9.59 Å². The lowest BCUT2D eigenvalue weighted by Crippen LogP contribution is -2.54. The maximum atomic E-state index is 13.2. The molecule has 0 radical (unpaired) electrons. The number of rotatable bonds is 8. The first kappa shape index (κ1) is 23.7. The standard InChI is InChI=1S/C24H31ClN2O3/c1-6-21(23(29)26-24(3,4)5)27(15-18-10-8-7-9-17(18)2)22(28)16-30-20-13-11-19(25)12-14-20/h7-14,21H,6,15-16H2,1-5H3,(H,26,29)/t21-/m1/s1. The van der Waals surface area contributed by atoms with Crippen LogP contribution in [-0.2, 0) is 16.1 Å². The summed E-state index contributed by atoms with van der Waals surface area (Å²) in [7, 11) is 0. The van der Waals surface area contributed by atoms with Crippen molar-refractivity contribution in [2.45, 2.75) is 59.2 Å². The Balaban J connectivity index is 2.24. The highest BCUT2D eigenvalue weighted by molar-refractivity contribution is 6.30. The van der Waals surface area contributed by atoms with Gasteiger partial charge in [0.05, 0.1) is 0 Å². The molecule has 0 unspecified atom stereocenters. The van der Waals surface area contributed by atoms with Crippen LogP contribution < -0.4 is 10.1 Å². The Morgan fingerprint density at radius 2 is 1.73 bits per heavy atom. The molecule has 0 fully saturated rings. The van der Waals surface area contributed by atoms with Crippen molar-refractivity contribution in [2.75, 3.05) is 6.61 Å². The Labute approximate surface area is 184 Å². The van der Waals surface area contributed by atoms with Crippen molar-refractivity contribution in [1.29, 1.82) is 0 Å². The van der Waals surface area contributed by atoms with Crippen LogP contribution in [0.1, 0.15) is 45.2 Å². The summed E-state index contributed by atoms with van der Waals surface area (Å²) in [6, 6.07) is 14.1. The zero-order valence-electron chi connectivity index (χ0n) is 18.4. The number of aryl methyl sites for hydroxylation is 1. The Morgan fingerprint density at radius 3 is 2.30 bits per heavy atom. The molecular weight excluding hydrogens is 400 g/mol. The summed E-state index contributed by atoms with van der Waals surface area (Å²) in [5.74, 6) is 0.137. The van der Waals surface area contributed by atoms with Gasteiger partial charge in [-0.2, -0.15) is 0 Å². The zero-order chi connectivity index (χ0) is 22.3. The molecule has 0 aliphatic carbocycles. The number of ether oxygens (including phenoxy) is 1. The zero-order valence-corrected chi connectivity index (χ0v) is 19.1. The van der Waals surface area contributed by atoms with E-state index in [0.717, 1.165) is 11.1 Å². The van der Waals surface area contributed by atoms with Crippen molar-refractivity contribution >= 4 is 23.4 Å². The Morgan fingerprint density at radius 1 is 1.10 bits per heavy atom. The van der Waals surface area contributed by atoms with E-state index in [0.29, 0.717) is 23.7 Å². The van der Waals surface area contributed by atoms with Gasteiger partial charge in [0.15, 0.2) is 6.61 Å². The fraction of sp³-hybridized carbons (Fsp3) is 0.417. The minimum atomic E-state index is -0.592. The van der Waals surface area contributed by atoms with Crippen molar-refractivity contribution in [1.82, 2.24) is 10.2 Å². The van der Waals surface area contributed by atoms with E-state index in [-0.39, 0.29) is 24.0 Å². The molecule has 2 aromatic rings. The van der Waals surface area contributed by atoms with Gasteiger partial charge in [-0.3, -0.25) is 9.59 Å². The van der Waals surface area contributed by atoms with Crippen LogP contribution in [0.4, 0.5) is 0 Å². The lowest BCUT2D eigenvalue weighted by molar-refractivity contribution is -0.143.